The van der Waals surface area contributed by atoms with Gasteiger partial charge in [0.15, 0.2) is 11.6 Å². The molecule has 2 aromatic carbocycles. The van der Waals surface area contributed by atoms with Crippen molar-refractivity contribution in [2.45, 2.75) is 13.5 Å². The van der Waals surface area contributed by atoms with E-state index in [1.165, 1.54) is 30.5 Å². The average Bonchev–Trinajstić information content (AvgIpc) is 3.17. The lowest BCUT2D eigenvalue weighted by molar-refractivity contribution is 0.0843. The van der Waals surface area contributed by atoms with Gasteiger partial charge in [-0.2, -0.15) is 0 Å². The number of aromatic nitrogens is 2. The second-order valence-corrected chi connectivity index (χ2v) is 8.71. The van der Waals surface area contributed by atoms with Gasteiger partial charge in [-0.3, -0.25) is 14.9 Å². The van der Waals surface area contributed by atoms with E-state index in [1.54, 1.807) is 18.2 Å². The zero-order chi connectivity index (χ0) is 23.7. The molecule has 33 heavy (non-hydrogen) atoms. The summed E-state index contributed by atoms with van der Waals surface area (Å²) in [5.74, 6) is -4.89. The van der Waals surface area contributed by atoms with Gasteiger partial charge in [-0.05, 0) is 48.9 Å². The predicted molar refractivity (Wildman–Crippen MR) is 121 cm³/mol. The number of carbonyl (C=O) groups excluding carboxylic acids is 2. The first-order valence-electron chi connectivity index (χ1n) is 9.37. The molecular weight excluding hydrogens is 495 g/mol. The van der Waals surface area contributed by atoms with E-state index in [9.17, 15) is 18.4 Å². The second kappa shape index (κ2) is 9.38. The van der Waals surface area contributed by atoms with Crippen LogP contribution in [0.2, 0.25) is 10.2 Å². The largest absolute Gasteiger partial charge is 0.483 e. The van der Waals surface area contributed by atoms with E-state index >= 15 is 0 Å². The van der Waals surface area contributed by atoms with Crippen molar-refractivity contribution >= 4 is 56.6 Å². The number of nitrogens with one attached hydrogen (secondary N) is 1. The molecule has 0 atom stereocenters. The van der Waals surface area contributed by atoms with Crippen LogP contribution in [-0.2, 0) is 6.61 Å². The lowest BCUT2D eigenvalue weighted by atomic mass is 10.1. The molecule has 4 aromatic rings. The average molecular weight is 508 g/mol. The van der Waals surface area contributed by atoms with Gasteiger partial charge < -0.3 is 4.74 Å². The molecule has 0 spiro atoms. The number of halogens is 4. The smallest absolute Gasteiger partial charge is 0.264 e. The summed E-state index contributed by atoms with van der Waals surface area (Å²) in [4.78, 5) is 33.1. The lowest BCUT2D eigenvalue weighted by Gasteiger charge is -2.11. The van der Waals surface area contributed by atoms with Crippen LogP contribution in [0, 0.1) is 18.6 Å². The molecule has 0 unspecified atom stereocenters. The first-order chi connectivity index (χ1) is 15.7. The fraction of sp³-hybridized carbons (Fsp3) is 0.0909. The van der Waals surface area contributed by atoms with Gasteiger partial charge in [0.1, 0.15) is 28.1 Å². The van der Waals surface area contributed by atoms with Crippen LogP contribution in [0.15, 0.2) is 42.6 Å². The minimum Gasteiger partial charge on any atom is -0.483 e. The Kier molecular flexibility index (Phi) is 6.55. The third kappa shape index (κ3) is 4.80. The molecule has 4 rings (SSSR count). The second-order valence-electron chi connectivity index (χ2n) is 6.80. The lowest BCUT2D eigenvalue weighted by Crippen LogP contribution is -2.32. The third-order valence-electron chi connectivity index (χ3n) is 4.64. The van der Waals surface area contributed by atoms with Crippen molar-refractivity contribution in [3.63, 3.8) is 0 Å². The van der Waals surface area contributed by atoms with Crippen molar-refractivity contribution in [1.82, 2.24) is 15.3 Å². The molecule has 2 amide bonds. The molecule has 0 aliphatic rings. The number of hydrogen-bond acceptors (Lipinski definition) is 6. The van der Waals surface area contributed by atoms with Gasteiger partial charge in [0.25, 0.3) is 11.8 Å². The van der Waals surface area contributed by atoms with Crippen LogP contribution in [0.1, 0.15) is 31.3 Å². The molecule has 2 aromatic heterocycles. The molecule has 0 saturated heterocycles. The molecule has 0 fully saturated rings. The van der Waals surface area contributed by atoms with E-state index in [2.05, 4.69) is 9.97 Å². The first kappa shape index (κ1) is 23.0. The highest BCUT2D eigenvalue weighted by Crippen LogP contribution is 2.28. The van der Waals surface area contributed by atoms with Gasteiger partial charge in [-0.25, -0.2) is 18.7 Å². The van der Waals surface area contributed by atoms with E-state index in [1.807, 2.05) is 5.32 Å². The van der Waals surface area contributed by atoms with E-state index in [0.717, 1.165) is 16.8 Å². The van der Waals surface area contributed by atoms with Crippen LogP contribution in [-0.4, -0.2) is 21.8 Å². The summed E-state index contributed by atoms with van der Waals surface area (Å²) < 4.78 is 35.5. The monoisotopic (exact) mass is 507 g/mol. The molecule has 0 saturated carbocycles. The quantitative estimate of drug-likeness (QED) is 0.275. The Morgan fingerprint density at radius 2 is 1.91 bits per heavy atom. The van der Waals surface area contributed by atoms with E-state index in [0.29, 0.717) is 21.1 Å². The maximum atomic E-state index is 14.9. The number of ether oxygens (including phenoxy) is 1. The van der Waals surface area contributed by atoms with Crippen LogP contribution >= 0.6 is 34.5 Å². The standard InChI is InChI=1S/C22H13Cl2F2N3O3S/c1-10-12(6-7-27-20(10)24)21(30)29-22(31)18-13(25)3-4-15(19(18)26)32-9-17-28-14-8-11(23)2-5-16(14)33-17/h2-8H,9H2,1H3,(H,29,30,31). The maximum absolute atomic E-state index is 14.9. The fourth-order valence-electron chi connectivity index (χ4n) is 2.99. The summed E-state index contributed by atoms with van der Waals surface area (Å²) in [6.45, 7) is 1.41. The Morgan fingerprint density at radius 1 is 1.12 bits per heavy atom. The zero-order valence-electron chi connectivity index (χ0n) is 16.8. The van der Waals surface area contributed by atoms with Gasteiger partial charge in [0, 0.05) is 16.8 Å². The molecule has 11 heteroatoms. The predicted octanol–water partition coefficient (Wildman–Crippen LogP) is 5.73. The molecule has 0 aliphatic heterocycles. The fourth-order valence-corrected chi connectivity index (χ4v) is 4.18. The van der Waals surface area contributed by atoms with E-state index < -0.39 is 29.0 Å². The summed E-state index contributed by atoms with van der Waals surface area (Å²) >= 11 is 13.2. The van der Waals surface area contributed by atoms with Crippen molar-refractivity contribution in [2.75, 3.05) is 0 Å². The molecule has 0 radical (unpaired) electrons. The minimum atomic E-state index is -1.26. The summed E-state index contributed by atoms with van der Waals surface area (Å²) in [6.07, 6.45) is 1.28. The van der Waals surface area contributed by atoms with Crippen molar-refractivity contribution < 1.29 is 23.1 Å². The number of fused-ring (bicyclic) bond motifs is 1. The van der Waals surface area contributed by atoms with Gasteiger partial charge in [-0.1, -0.05) is 23.2 Å². The molecular formula is C22H13Cl2F2N3O3S. The normalized spacial score (nSPS) is 10.9. The van der Waals surface area contributed by atoms with Crippen molar-refractivity contribution in [2.24, 2.45) is 0 Å². The van der Waals surface area contributed by atoms with Crippen LogP contribution in [0.4, 0.5) is 8.78 Å². The number of benzene rings is 2. The van der Waals surface area contributed by atoms with Crippen LogP contribution in [0.5, 0.6) is 5.75 Å². The molecule has 6 nitrogen and oxygen atoms in total. The van der Waals surface area contributed by atoms with Gasteiger partial charge in [0.2, 0.25) is 0 Å². The number of thiazole rings is 1. The molecule has 0 aliphatic carbocycles. The van der Waals surface area contributed by atoms with Gasteiger partial charge in [0.05, 0.1) is 10.2 Å². The number of hydrogen-bond donors (Lipinski definition) is 1. The molecule has 1 N–H and O–H groups in total. The van der Waals surface area contributed by atoms with Crippen LogP contribution in [0.25, 0.3) is 10.2 Å². The van der Waals surface area contributed by atoms with Crippen molar-refractivity contribution in [1.29, 1.82) is 0 Å². The highest BCUT2D eigenvalue weighted by Gasteiger charge is 2.24. The highest BCUT2D eigenvalue weighted by atomic mass is 35.5. The number of rotatable bonds is 5. The number of nitrogens with zero attached hydrogens (tertiary/aromatic N) is 2. The van der Waals surface area contributed by atoms with Crippen molar-refractivity contribution in [3.8, 4) is 5.75 Å². The van der Waals surface area contributed by atoms with Crippen LogP contribution in [0.3, 0.4) is 0 Å². The number of amides is 2. The number of pyridine rings is 1. The third-order valence-corrected chi connectivity index (χ3v) is 6.27. The SMILES string of the molecule is Cc1c(C(=O)NC(=O)c2c(F)ccc(OCc3nc4cc(Cl)ccc4s3)c2F)ccnc1Cl. The number of carbonyl (C=O) groups is 2. The summed E-state index contributed by atoms with van der Waals surface area (Å²) in [5.41, 5.74) is 0.0811. The first-order valence-corrected chi connectivity index (χ1v) is 10.9. The molecule has 2 heterocycles. The van der Waals surface area contributed by atoms with Crippen LogP contribution < -0.4 is 10.1 Å². The highest BCUT2D eigenvalue weighted by molar-refractivity contribution is 7.18. The Morgan fingerprint density at radius 3 is 2.70 bits per heavy atom. The molecule has 168 valence electrons. The van der Waals surface area contributed by atoms with Crippen molar-refractivity contribution in [3.05, 3.63) is 86.1 Å². The Labute approximate surface area is 200 Å². The van der Waals surface area contributed by atoms with E-state index in [4.69, 9.17) is 27.9 Å². The molecule has 0 bridgehead atoms. The minimum absolute atomic E-state index is 0.0486. The van der Waals surface area contributed by atoms with E-state index in [-0.39, 0.29) is 23.1 Å². The Balaban J connectivity index is 1.53. The summed E-state index contributed by atoms with van der Waals surface area (Å²) in [5, 5.41) is 3.09. The topological polar surface area (TPSA) is 81.2 Å². The van der Waals surface area contributed by atoms with Gasteiger partial charge >= 0.3 is 0 Å². The zero-order valence-corrected chi connectivity index (χ0v) is 19.1. The maximum Gasteiger partial charge on any atom is 0.264 e. The summed E-state index contributed by atoms with van der Waals surface area (Å²) in [6, 6.07) is 8.48. The van der Waals surface area contributed by atoms with Gasteiger partial charge in [-0.15, -0.1) is 11.3 Å². The summed E-state index contributed by atoms with van der Waals surface area (Å²) in [7, 11) is 0. The Hall–Kier alpha value is -3.14. The Bertz CT molecular complexity index is 1410. The number of imide groups is 1.